The maximum absolute atomic E-state index is 2.57. The van der Waals surface area contributed by atoms with E-state index in [0.717, 1.165) is 5.69 Å². The summed E-state index contributed by atoms with van der Waals surface area (Å²) < 4.78 is 5.35. The fourth-order valence-corrected chi connectivity index (χ4v) is 14.1. The van der Waals surface area contributed by atoms with E-state index in [1.165, 1.54) is 118 Å². The van der Waals surface area contributed by atoms with Crippen LogP contribution in [0.1, 0.15) is 47.2 Å². The van der Waals surface area contributed by atoms with Crippen molar-refractivity contribution in [2.75, 3.05) is 4.90 Å². The first kappa shape index (κ1) is 34.0. The number of nitrogens with zero attached hydrogens (tertiary/aromatic N) is 1. The molecule has 3 heteroatoms. The summed E-state index contributed by atoms with van der Waals surface area (Å²) in [4.78, 5) is 2.57. The summed E-state index contributed by atoms with van der Waals surface area (Å²) in [5.74, 6) is 0. The molecule has 1 atom stereocenters. The van der Waals surface area contributed by atoms with E-state index >= 15 is 0 Å². The Kier molecular flexibility index (Phi) is 6.66. The molecule has 0 radical (unpaired) electrons. The molecule has 2 aromatic heterocycles. The zero-order valence-electron chi connectivity index (χ0n) is 33.7. The van der Waals surface area contributed by atoms with E-state index in [2.05, 4.69) is 207 Å². The van der Waals surface area contributed by atoms with Crippen molar-refractivity contribution >= 4 is 80.1 Å². The molecule has 0 saturated heterocycles. The fraction of sp³-hybridized carbons (Fsp3) is 0.0690. The van der Waals surface area contributed by atoms with E-state index in [1.54, 1.807) is 0 Å². The highest BCUT2D eigenvalue weighted by Crippen LogP contribution is 2.67. The second-order valence-corrected chi connectivity index (χ2v) is 19.7. The molecular formula is C58H37NS2. The highest BCUT2D eigenvalue weighted by atomic mass is 32.1. The Morgan fingerprint density at radius 1 is 0.377 bits per heavy atom. The van der Waals surface area contributed by atoms with Gasteiger partial charge in [-0.15, -0.1) is 22.7 Å². The van der Waals surface area contributed by atoms with Gasteiger partial charge in [-0.1, -0.05) is 153 Å². The van der Waals surface area contributed by atoms with Crippen molar-refractivity contribution in [3.63, 3.8) is 0 Å². The van der Waals surface area contributed by atoms with Gasteiger partial charge in [0.05, 0.1) is 11.1 Å². The average molecular weight is 812 g/mol. The van der Waals surface area contributed by atoms with Gasteiger partial charge in [0.1, 0.15) is 0 Å². The molecule has 1 unspecified atom stereocenters. The molecule has 286 valence electrons. The van der Waals surface area contributed by atoms with Crippen LogP contribution in [0.3, 0.4) is 0 Å². The number of anilines is 3. The third-order valence-electron chi connectivity index (χ3n) is 14.3. The van der Waals surface area contributed by atoms with E-state index in [9.17, 15) is 0 Å². The molecule has 11 aromatic rings. The quantitative estimate of drug-likeness (QED) is 0.172. The van der Waals surface area contributed by atoms with Gasteiger partial charge < -0.3 is 4.90 Å². The monoisotopic (exact) mass is 811 g/mol. The molecule has 3 aliphatic carbocycles. The molecule has 61 heavy (non-hydrogen) atoms. The van der Waals surface area contributed by atoms with Crippen molar-refractivity contribution < 1.29 is 0 Å². The van der Waals surface area contributed by atoms with Gasteiger partial charge in [-0.25, -0.2) is 0 Å². The van der Waals surface area contributed by atoms with Crippen LogP contribution in [-0.2, 0) is 10.8 Å². The smallest absolute Gasteiger partial charge is 0.0740 e. The Hall–Kier alpha value is -6.78. The summed E-state index contributed by atoms with van der Waals surface area (Å²) in [7, 11) is 0. The molecule has 3 aliphatic rings. The third kappa shape index (κ3) is 4.25. The lowest BCUT2D eigenvalue weighted by molar-refractivity contribution is 0.660. The minimum absolute atomic E-state index is 0.136. The highest BCUT2D eigenvalue weighted by molar-refractivity contribution is 7.26. The number of rotatable bonds is 3. The van der Waals surface area contributed by atoms with E-state index < -0.39 is 5.41 Å². The van der Waals surface area contributed by atoms with Gasteiger partial charge in [-0.05, 0) is 110 Å². The number of thiophene rings is 2. The van der Waals surface area contributed by atoms with Crippen LogP contribution < -0.4 is 4.90 Å². The van der Waals surface area contributed by atoms with Crippen molar-refractivity contribution in [1.29, 1.82) is 0 Å². The largest absolute Gasteiger partial charge is 0.310 e. The second kappa shape index (κ2) is 11.9. The molecule has 9 aromatic carbocycles. The van der Waals surface area contributed by atoms with Crippen molar-refractivity contribution in [2.45, 2.75) is 24.7 Å². The summed E-state index contributed by atoms with van der Waals surface area (Å²) in [6.07, 6.45) is 0. The predicted octanol–water partition coefficient (Wildman–Crippen LogP) is 16.5. The Bertz CT molecular complexity index is 3710. The molecule has 1 spiro atoms. The van der Waals surface area contributed by atoms with Crippen LogP contribution in [-0.4, -0.2) is 0 Å². The Balaban J connectivity index is 1.09. The van der Waals surface area contributed by atoms with Crippen LogP contribution in [0.2, 0.25) is 0 Å². The van der Waals surface area contributed by atoms with Gasteiger partial charge in [0.25, 0.3) is 0 Å². The highest BCUT2D eigenvalue weighted by Gasteiger charge is 2.53. The minimum atomic E-state index is -0.491. The van der Waals surface area contributed by atoms with E-state index in [1.807, 2.05) is 22.7 Å². The number of fused-ring (bicyclic) bond motifs is 20. The van der Waals surface area contributed by atoms with Gasteiger partial charge in [0.15, 0.2) is 0 Å². The average Bonchev–Trinajstić information content (AvgIpc) is 4.08. The molecule has 0 aliphatic heterocycles. The molecule has 2 heterocycles. The molecule has 0 amide bonds. The maximum Gasteiger partial charge on any atom is 0.0740 e. The molecule has 0 N–H and O–H groups in total. The SMILES string of the molecule is CC1(C)c2ccccc2-c2ccc(N(c3ccc4sc5ccccc5c4c3)c3cccc4c3-c3ccccc3C43c4ccccc4-c4ccc5c(sc6ccccc65)c43)cc21. The topological polar surface area (TPSA) is 3.24 Å². The molecule has 0 fully saturated rings. The summed E-state index contributed by atoms with van der Waals surface area (Å²) in [5.41, 5.74) is 19.1. The summed E-state index contributed by atoms with van der Waals surface area (Å²) in [6, 6.07) is 71.6. The van der Waals surface area contributed by atoms with Crippen molar-refractivity contribution in [3.8, 4) is 33.4 Å². The molecule has 0 saturated carbocycles. The normalized spacial score (nSPS) is 16.2. The number of hydrogen-bond acceptors (Lipinski definition) is 3. The Labute approximate surface area is 362 Å². The van der Waals surface area contributed by atoms with Gasteiger partial charge in [-0.2, -0.15) is 0 Å². The van der Waals surface area contributed by atoms with Crippen LogP contribution in [0.4, 0.5) is 17.1 Å². The van der Waals surface area contributed by atoms with Crippen molar-refractivity contribution in [3.05, 3.63) is 221 Å². The second-order valence-electron chi connectivity index (χ2n) is 17.5. The molecule has 1 nitrogen and oxygen atoms in total. The van der Waals surface area contributed by atoms with E-state index in [-0.39, 0.29) is 5.41 Å². The molecule has 0 bridgehead atoms. The first-order valence-electron chi connectivity index (χ1n) is 21.3. The Morgan fingerprint density at radius 2 is 0.934 bits per heavy atom. The van der Waals surface area contributed by atoms with Gasteiger partial charge in [0.2, 0.25) is 0 Å². The first-order chi connectivity index (χ1) is 30.0. The lowest BCUT2D eigenvalue weighted by atomic mass is 9.70. The van der Waals surface area contributed by atoms with Crippen LogP contribution in [0.15, 0.2) is 188 Å². The summed E-state index contributed by atoms with van der Waals surface area (Å²) in [6.45, 7) is 4.78. The minimum Gasteiger partial charge on any atom is -0.310 e. The lowest BCUT2D eigenvalue weighted by Gasteiger charge is -2.32. The predicted molar refractivity (Wildman–Crippen MR) is 261 cm³/mol. The van der Waals surface area contributed by atoms with Crippen LogP contribution in [0.5, 0.6) is 0 Å². The van der Waals surface area contributed by atoms with Gasteiger partial charge in [-0.3, -0.25) is 0 Å². The lowest BCUT2D eigenvalue weighted by Crippen LogP contribution is -2.26. The van der Waals surface area contributed by atoms with Crippen molar-refractivity contribution in [2.24, 2.45) is 0 Å². The summed E-state index contributed by atoms with van der Waals surface area (Å²) >= 11 is 3.83. The van der Waals surface area contributed by atoms with E-state index in [0.29, 0.717) is 0 Å². The Morgan fingerprint density at radius 3 is 1.74 bits per heavy atom. The standard InChI is InChI=1S/C58H37NS2/c1-57(2)45-19-8-3-14-36(45)38-28-26-35(33-49(38)57)59(34-27-31-53-44(32-34)40-17-7-11-24-51(40)60-53)50-23-13-22-48-54(50)43-18-5-10-21-47(43)58(48)46-20-9-4-15-37(46)41-29-30-42-39-16-6-12-25-52(39)61-56(42)55(41)58/h3-33H,1-2H3. The fourth-order valence-electron chi connectivity index (χ4n) is 11.7. The van der Waals surface area contributed by atoms with Crippen LogP contribution in [0, 0.1) is 0 Å². The maximum atomic E-state index is 2.57. The van der Waals surface area contributed by atoms with E-state index in [4.69, 9.17) is 0 Å². The van der Waals surface area contributed by atoms with Crippen molar-refractivity contribution in [1.82, 2.24) is 0 Å². The summed E-state index contributed by atoms with van der Waals surface area (Å²) in [5, 5.41) is 5.28. The zero-order valence-corrected chi connectivity index (χ0v) is 35.3. The third-order valence-corrected chi connectivity index (χ3v) is 16.6. The first-order valence-corrected chi connectivity index (χ1v) is 22.9. The molecule has 14 rings (SSSR count). The number of benzene rings is 9. The molecular weight excluding hydrogens is 775 g/mol. The zero-order chi connectivity index (χ0) is 40.2. The van der Waals surface area contributed by atoms with Gasteiger partial charge in [0, 0.05) is 62.7 Å². The van der Waals surface area contributed by atoms with Crippen LogP contribution in [0.25, 0.3) is 73.7 Å². The van der Waals surface area contributed by atoms with Gasteiger partial charge >= 0.3 is 0 Å². The van der Waals surface area contributed by atoms with Crippen LogP contribution >= 0.6 is 22.7 Å². The number of hydrogen-bond donors (Lipinski definition) is 0.